The zero-order valence-electron chi connectivity index (χ0n) is 21.7. The molecule has 1 rings (SSSR count). The number of carboxylic acid groups (broad SMARTS) is 1. The van der Waals surface area contributed by atoms with Crippen molar-refractivity contribution < 1.29 is 23.5 Å². The Morgan fingerprint density at radius 3 is 1.97 bits per heavy atom. The van der Waals surface area contributed by atoms with E-state index in [1.807, 2.05) is 6.92 Å². The molecule has 182 valence electrons. The second kappa shape index (κ2) is 10.1. The van der Waals surface area contributed by atoms with Crippen molar-refractivity contribution in [2.24, 2.45) is 11.8 Å². The molecule has 0 aromatic rings. The van der Waals surface area contributed by atoms with Crippen LogP contribution in [-0.2, 0) is 18.4 Å². The minimum atomic E-state index is -2.04. The number of unbranched alkanes of at least 4 members (excludes halogenated alkanes) is 1. The topological polar surface area (TPSA) is 84.9 Å². The molecule has 0 radical (unpaired) electrons. The molecule has 8 heteroatoms. The first kappa shape index (κ1) is 28.3. The fourth-order valence-corrected chi connectivity index (χ4v) is 5.97. The molecule has 0 aromatic heterocycles. The van der Waals surface area contributed by atoms with Gasteiger partial charge in [0.05, 0.1) is 24.0 Å². The second-order valence-corrected chi connectivity index (χ2v) is 21.8. The molecule has 1 saturated heterocycles. The van der Waals surface area contributed by atoms with Crippen LogP contribution in [0.4, 0.5) is 0 Å². The molecule has 1 aliphatic rings. The van der Waals surface area contributed by atoms with Gasteiger partial charge >= 0.3 is 5.97 Å². The summed E-state index contributed by atoms with van der Waals surface area (Å²) in [6.45, 7) is 24.5. The van der Waals surface area contributed by atoms with E-state index in [1.54, 1.807) is 0 Å². The number of carboxylic acids is 1. The maximum atomic E-state index is 12.3. The molecule has 0 bridgehead atoms. The summed E-state index contributed by atoms with van der Waals surface area (Å²) in [5.74, 6) is -1.94. The van der Waals surface area contributed by atoms with E-state index in [4.69, 9.17) is 8.85 Å². The predicted octanol–water partition coefficient (Wildman–Crippen LogP) is 5.40. The number of rotatable bonds is 11. The second-order valence-electron chi connectivity index (χ2n) is 12.2. The van der Waals surface area contributed by atoms with Crippen molar-refractivity contribution in [3.05, 3.63) is 0 Å². The summed E-state index contributed by atoms with van der Waals surface area (Å²) in [6, 6.07) is -0.369. The average Bonchev–Trinajstić information content (AvgIpc) is 2.53. The molecule has 31 heavy (non-hydrogen) atoms. The van der Waals surface area contributed by atoms with E-state index in [0.717, 1.165) is 12.8 Å². The molecule has 1 fully saturated rings. The monoisotopic (exact) mass is 473 g/mol. The number of β-lactam (4-membered cyclic amide) rings is 1. The lowest BCUT2D eigenvalue weighted by atomic mass is 9.76. The van der Waals surface area contributed by atoms with Crippen LogP contribution in [0.25, 0.3) is 0 Å². The Morgan fingerprint density at radius 1 is 1.03 bits per heavy atom. The molecule has 0 aromatic carbocycles. The molecule has 2 N–H and O–H groups in total. The Hall–Kier alpha value is -0.706. The summed E-state index contributed by atoms with van der Waals surface area (Å²) in [6.07, 6.45) is 1.84. The first-order valence-electron chi connectivity index (χ1n) is 11.7. The first-order chi connectivity index (χ1) is 13.8. The van der Waals surface area contributed by atoms with Gasteiger partial charge in [0.25, 0.3) is 0 Å². The van der Waals surface area contributed by atoms with Crippen LogP contribution < -0.4 is 5.32 Å². The summed E-state index contributed by atoms with van der Waals surface area (Å²) >= 11 is 0. The van der Waals surface area contributed by atoms with Crippen LogP contribution in [-0.4, -0.2) is 52.4 Å². The van der Waals surface area contributed by atoms with Crippen molar-refractivity contribution in [3.63, 3.8) is 0 Å². The molecule has 0 spiro atoms. The first-order valence-corrected chi connectivity index (χ1v) is 17.5. The molecule has 1 aliphatic heterocycles. The summed E-state index contributed by atoms with van der Waals surface area (Å²) in [7, 11) is -3.82. The van der Waals surface area contributed by atoms with Crippen LogP contribution in [0.15, 0.2) is 0 Å². The normalized spacial score (nSPS) is 22.5. The van der Waals surface area contributed by atoms with Crippen molar-refractivity contribution in [2.45, 2.75) is 116 Å². The average molecular weight is 474 g/mol. The van der Waals surface area contributed by atoms with Gasteiger partial charge in [0.1, 0.15) is 0 Å². The van der Waals surface area contributed by atoms with Crippen molar-refractivity contribution in [1.29, 1.82) is 0 Å². The summed E-state index contributed by atoms with van der Waals surface area (Å²) < 4.78 is 12.6. The lowest BCUT2D eigenvalue weighted by Gasteiger charge is -2.47. The van der Waals surface area contributed by atoms with Gasteiger partial charge in [0.15, 0.2) is 16.6 Å². The minimum absolute atomic E-state index is 0.0350. The number of hydrogen-bond acceptors (Lipinski definition) is 4. The third kappa shape index (κ3) is 7.14. The Morgan fingerprint density at radius 2 is 1.55 bits per heavy atom. The van der Waals surface area contributed by atoms with E-state index in [9.17, 15) is 14.7 Å². The smallest absolute Gasteiger partial charge is 0.308 e. The van der Waals surface area contributed by atoms with Gasteiger partial charge in [-0.3, -0.25) is 9.59 Å². The van der Waals surface area contributed by atoms with E-state index in [-0.39, 0.29) is 28.1 Å². The van der Waals surface area contributed by atoms with Crippen molar-refractivity contribution in [1.82, 2.24) is 5.32 Å². The third-order valence-electron chi connectivity index (χ3n) is 7.72. The third-order valence-corrected chi connectivity index (χ3v) is 16.8. The van der Waals surface area contributed by atoms with Gasteiger partial charge in [-0.1, -0.05) is 48.0 Å². The van der Waals surface area contributed by atoms with Gasteiger partial charge in [-0.15, -0.1) is 0 Å². The van der Waals surface area contributed by atoms with E-state index in [0.29, 0.717) is 13.0 Å². The standard InChI is InChI=1S/C23H47NO5Si2/c1-16(29-31(10,11)23(5,6)7)18-19(24-20(18)25)17(21(26)27)14-12-13-15-28-30(8,9)22(2,3)4/h16-19H,12-15H2,1-11H3,(H,24,25)(H,26,27)/t16-,17-,18-,19-/m1/s1. The molecule has 6 nitrogen and oxygen atoms in total. The molecular formula is C23H47NO5Si2. The Balaban J connectivity index is 2.68. The molecular weight excluding hydrogens is 426 g/mol. The molecule has 0 saturated carbocycles. The lowest BCUT2D eigenvalue weighted by molar-refractivity contribution is -0.152. The highest BCUT2D eigenvalue weighted by Crippen LogP contribution is 2.40. The van der Waals surface area contributed by atoms with Crippen molar-refractivity contribution in [2.75, 3.05) is 6.61 Å². The zero-order chi connectivity index (χ0) is 24.4. The molecule has 1 amide bonds. The lowest BCUT2D eigenvalue weighted by Crippen LogP contribution is -2.67. The molecule has 0 unspecified atom stereocenters. The van der Waals surface area contributed by atoms with Crippen LogP contribution in [0.5, 0.6) is 0 Å². The van der Waals surface area contributed by atoms with Gasteiger partial charge in [0, 0.05) is 6.61 Å². The Bertz CT molecular complexity index is 637. The predicted molar refractivity (Wildman–Crippen MR) is 131 cm³/mol. The highest BCUT2D eigenvalue weighted by molar-refractivity contribution is 6.74. The minimum Gasteiger partial charge on any atom is -0.481 e. The van der Waals surface area contributed by atoms with Gasteiger partial charge in [-0.2, -0.15) is 0 Å². The fourth-order valence-electron chi connectivity index (χ4n) is 3.45. The van der Waals surface area contributed by atoms with Gasteiger partial charge in [0.2, 0.25) is 5.91 Å². The number of nitrogens with one attached hydrogen (secondary N) is 1. The van der Waals surface area contributed by atoms with Crippen LogP contribution in [0.1, 0.15) is 67.7 Å². The molecule has 1 heterocycles. The van der Waals surface area contributed by atoms with Crippen molar-refractivity contribution >= 4 is 28.5 Å². The molecule has 4 atom stereocenters. The zero-order valence-corrected chi connectivity index (χ0v) is 23.7. The highest BCUT2D eigenvalue weighted by Gasteiger charge is 2.51. The Labute approximate surface area is 192 Å². The fraction of sp³-hybridized carbons (Fsp3) is 0.913. The number of carbonyl (C=O) groups is 2. The van der Waals surface area contributed by atoms with Gasteiger partial charge < -0.3 is 19.3 Å². The van der Waals surface area contributed by atoms with Gasteiger partial charge in [-0.25, -0.2) is 0 Å². The summed E-state index contributed by atoms with van der Waals surface area (Å²) in [5, 5.41) is 12.9. The van der Waals surface area contributed by atoms with Crippen LogP contribution in [0, 0.1) is 11.8 Å². The SMILES string of the molecule is C[C@@H](O[Si](C)(C)C(C)(C)C)[C@H]1C(=O)N[C@@H]1[C@@H](CCCCO[Si](C)(C)C(C)(C)C)C(=O)O. The molecule has 0 aliphatic carbocycles. The largest absolute Gasteiger partial charge is 0.481 e. The van der Waals surface area contributed by atoms with E-state index in [2.05, 4.69) is 73.0 Å². The van der Waals surface area contributed by atoms with Crippen LogP contribution >= 0.6 is 0 Å². The number of aliphatic carboxylic acids is 1. The van der Waals surface area contributed by atoms with E-state index < -0.39 is 34.4 Å². The van der Waals surface area contributed by atoms with E-state index in [1.165, 1.54) is 0 Å². The maximum Gasteiger partial charge on any atom is 0.308 e. The summed E-state index contributed by atoms with van der Waals surface area (Å²) in [5.41, 5.74) is 0. The van der Waals surface area contributed by atoms with E-state index >= 15 is 0 Å². The number of hydrogen-bond donors (Lipinski definition) is 2. The quantitative estimate of drug-likeness (QED) is 0.238. The van der Waals surface area contributed by atoms with Crippen LogP contribution in [0.2, 0.25) is 36.3 Å². The highest BCUT2D eigenvalue weighted by atomic mass is 28.4. The Kier molecular flexibility index (Phi) is 9.19. The summed E-state index contributed by atoms with van der Waals surface area (Å²) in [4.78, 5) is 24.3. The van der Waals surface area contributed by atoms with Crippen LogP contribution in [0.3, 0.4) is 0 Å². The number of carbonyl (C=O) groups excluding carboxylic acids is 1. The maximum absolute atomic E-state index is 12.3. The number of amides is 1. The van der Waals surface area contributed by atoms with Gasteiger partial charge in [-0.05, 0) is 56.0 Å². The van der Waals surface area contributed by atoms with Crippen molar-refractivity contribution in [3.8, 4) is 0 Å².